The molecule has 0 aliphatic carbocycles. The van der Waals surface area contributed by atoms with Gasteiger partial charge in [0, 0.05) is 6.54 Å². The molecule has 0 aliphatic rings. The molecule has 0 bridgehead atoms. The van der Waals surface area contributed by atoms with Crippen molar-refractivity contribution >= 4 is 15.9 Å². The third kappa shape index (κ3) is 4.41. The summed E-state index contributed by atoms with van der Waals surface area (Å²) in [6.07, 6.45) is 6.55. The van der Waals surface area contributed by atoms with Gasteiger partial charge in [0.15, 0.2) is 0 Å². The molecular weight excluding hydrogens is 292 g/mol. The fourth-order valence-corrected chi connectivity index (χ4v) is 2.58. The van der Waals surface area contributed by atoms with Crippen molar-refractivity contribution < 1.29 is 4.42 Å². The topological polar surface area (TPSA) is 42.4 Å². The molecule has 0 aromatic carbocycles. The van der Waals surface area contributed by atoms with E-state index in [9.17, 15) is 0 Å². The van der Waals surface area contributed by atoms with Crippen LogP contribution < -0.4 is 5.73 Å². The maximum absolute atomic E-state index is 5.95. The van der Waals surface area contributed by atoms with E-state index >= 15 is 0 Å². The van der Waals surface area contributed by atoms with Gasteiger partial charge in [0.25, 0.3) is 0 Å². The first kappa shape index (κ1) is 15.7. The van der Waals surface area contributed by atoms with Crippen molar-refractivity contribution in [3.8, 4) is 0 Å². The van der Waals surface area contributed by atoms with Gasteiger partial charge in [0.2, 0.25) is 0 Å². The summed E-state index contributed by atoms with van der Waals surface area (Å²) in [5.74, 6) is 0.963. The fraction of sp³-hybridized carbons (Fsp3) is 0.714. The summed E-state index contributed by atoms with van der Waals surface area (Å²) in [6, 6.07) is 2.13. The minimum absolute atomic E-state index is 0.187. The third-order valence-electron chi connectivity index (χ3n) is 3.21. The number of nitrogens with zero attached hydrogens (tertiary/aromatic N) is 1. The van der Waals surface area contributed by atoms with E-state index in [4.69, 9.17) is 10.2 Å². The van der Waals surface area contributed by atoms with Crippen LogP contribution in [0.25, 0.3) is 0 Å². The van der Waals surface area contributed by atoms with Crippen LogP contribution in [-0.2, 0) is 0 Å². The highest BCUT2D eigenvalue weighted by Crippen LogP contribution is 2.28. The van der Waals surface area contributed by atoms with Crippen molar-refractivity contribution in [1.29, 1.82) is 0 Å². The van der Waals surface area contributed by atoms with E-state index in [1.54, 1.807) is 6.26 Å². The molecule has 1 aromatic rings. The standard InChI is InChI=1S/C14H25BrN2O/c1-3-5-8-17(9-6-4-2)13(11-16)14-12(15)7-10-18-14/h7,10,13H,3-6,8-9,11,16H2,1-2H3. The zero-order valence-corrected chi connectivity index (χ0v) is 13.1. The Morgan fingerprint density at radius 3 is 2.28 bits per heavy atom. The highest BCUT2D eigenvalue weighted by atomic mass is 79.9. The first-order valence-electron chi connectivity index (χ1n) is 6.91. The highest BCUT2D eigenvalue weighted by Gasteiger charge is 2.23. The van der Waals surface area contributed by atoms with Crippen LogP contribution in [0.5, 0.6) is 0 Å². The van der Waals surface area contributed by atoms with Gasteiger partial charge in [-0.05, 0) is 47.9 Å². The number of halogens is 1. The van der Waals surface area contributed by atoms with Crippen LogP contribution >= 0.6 is 15.9 Å². The summed E-state index contributed by atoms with van der Waals surface area (Å²) in [6.45, 7) is 7.22. The molecule has 0 fully saturated rings. The Hall–Kier alpha value is -0.320. The van der Waals surface area contributed by atoms with E-state index in [1.807, 2.05) is 6.07 Å². The largest absolute Gasteiger partial charge is 0.466 e. The molecule has 0 spiro atoms. The van der Waals surface area contributed by atoms with Crippen molar-refractivity contribution in [3.05, 3.63) is 22.6 Å². The molecule has 18 heavy (non-hydrogen) atoms. The Bertz CT molecular complexity index is 319. The minimum Gasteiger partial charge on any atom is -0.466 e. The molecule has 0 radical (unpaired) electrons. The second-order valence-electron chi connectivity index (χ2n) is 4.63. The zero-order chi connectivity index (χ0) is 13.4. The predicted octanol–water partition coefficient (Wildman–Crippen LogP) is 3.94. The second-order valence-corrected chi connectivity index (χ2v) is 5.48. The van der Waals surface area contributed by atoms with Gasteiger partial charge in [0.05, 0.1) is 16.8 Å². The molecule has 0 saturated carbocycles. The molecular formula is C14H25BrN2O. The van der Waals surface area contributed by atoms with Gasteiger partial charge in [-0.1, -0.05) is 26.7 Å². The molecule has 1 heterocycles. The number of furan rings is 1. The second kappa shape index (κ2) is 8.73. The van der Waals surface area contributed by atoms with Gasteiger partial charge in [-0.3, -0.25) is 4.90 Å². The van der Waals surface area contributed by atoms with Crippen molar-refractivity contribution in [2.75, 3.05) is 19.6 Å². The lowest BCUT2D eigenvalue weighted by molar-refractivity contribution is 0.173. The molecule has 104 valence electrons. The van der Waals surface area contributed by atoms with Crippen LogP contribution in [0.1, 0.15) is 51.3 Å². The van der Waals surface area contributed by atoms with Crippen LogP contribution in [0.2, 0.25) is 0 Å². The Morgan fingerprint density at radius 1 is 1.28 bits per heavy atom. The summed E-state index contributed by atoms with van der Waals surface area (Å²) in [5.41, 5.74) is 5.95. The summed E-state index contributed by atoms with van der Waals surface area (Å²) < 4.78 is 6.61. The molecule has 1 rings (SSSR count). The Balaban J connectivity index is 2.75. The van der Waals surface area contributed by atoms with Gasteiger partial charge >= 0.3 is 0 Å². The number of hydrogen-bond donors (Lipinski definition) is 1. The van der Waals surface area contributed by atoms with Gasteiger partial charge < -0.3 is 10.2 Å². The number of nitrogens with two attached hydrogens (primary N) is 1. The van der Waals surface area contributed by atoms with E-state index in [2.05, 4.69) is 34.7 Å². The molecule has 2 N–H and O–H groups in total. The lowest BCUT2D eigenvalue weighted by Gasteiger charge is -2.29. The molecule has 0 amide bonds. The van der Waals surface area contributed by atoms with Crippen LogP contribution in [0.4, 0.5) is 0 Å². The average molecular weight is 317 g/mol. The lowest BCUT2D eigenvalue weighted by Crippen LogP contribution is -2.35. The normalized spacial score (nSPS) is 13.2. The van der Waals surface area contributed by atoms with Gasteiger partial charge in [0.1, 0.15) is 5.76 Å². The molecule has 4 heteroatoms. The molecule has 1 atom stereocenters. The Kier molecular flexibility index (Phi) is 7.63. The molecule has 1 aromatic heterocycles. The van der Waals surface area contributed by atoms with Crippen LogP contribution in [0, 0.1) is 0 Å². The first-order chi connectivity index (χ1) is 8.74. The molecule has 0 aliphatic heterocycles. The summed E-state index contributed by atoms with van der Waals surface area (Å²) in [5, 5.41) is 0. The minimum atomic E-state index is 0.187. The molecule has 1 unspecified atom stereocenters. The summed E-state index contributed by atoms with van der Waals surface area (Å²) in [7, 11) is 0. The van der Waals surface area contributed by atoms with Gasteiger partial charge in [-0.15, -0.1) is 0 Å². The highest BCUT2D eigenvalue weighted by molar-refractivity contribution is 9.10. The van der Waals surface area contributed by atoms with Crippen molar-refractivity contribution in [2.24, 2.45) is 5.73 Å². The van der Waals surface area contributed by atoms with Gasteiger partial charge in [-0.25, -0.2) is 0 Å². The number of rotatable bonds is 9. The average Bonchev–Trinajstić information content (AvgIpc) is 2.79. The van der Waals surface area contributed by atoms with E-state index in [1.165, 1.54) is 25.7 Å². The van der Waals surface area contributed by atoms with Crippen molar-refractivity contribution in [3.63, 3.8) is 0 Å². The molecule has 3 nitrogen and oxygen atoms in total. The van der Waals surface area contributed by atoms with Crippen molar-refractivity contribution in [1.82, 2.24) is 4.90 Å². The maximum atomic E-state index is 5.95. The molecule has 0 saturated heterocycles. The smallest absolute Gasteiger partial charge is 0.136 e. The first-order valence-corrected chi connectivity index (χ1v) is 7.70. The van der Waals surface area contributed by atoms with Gasteiger partial charge in [-0.2, -0.15) is 0 Å². The van der Waals surface area contributed by atoms with E-state index in [0.717, 1.165) is 23.3 Å². The number of unbranched alkanes of at least 4 members (excludes halogenated alkanes) is 2. The zero-order valence-electron chi connectivity index (χ0n) is 11.5. The lowest BCUT2D eigenvalue weighted by atomic mass is 10.1. The van der Waals surface area contributed by atoms with E-state index in [0.29, 0.717) is 6.54 Å². The SMILES string of the molecule is CCCCN(CCCC)C(CN)c1occc1Br. The summed E-state index contributed by atoms with van der Waals surface area (Å²) in [4.78, 5) is 2.45. The quantitative estimate of drug-likeness (QED) is 0.750. The fourth-order valence-electron chi connectivity index (χ4n) is 2.11. The summed E-state index contributed by atoms with van der Waals surface area (Å²) >= 11 is 3.54. The Morgan fingerprint density at radius 2 is 1.89 bits per heavy atom. The third-order valence-corrected chi connectivity index (χ3v) is 3.86. The van der Waals surface area contributed by atoms with E-state index < -0.39 is 0 Å². The maximum Gasteiger partial charge on any atom is 0.136 e. The van der Waals surface area contributed by atoms with Crippen LogP contribution in [0.3, 0.4) is 0 Å². The van der Waals surface area contributed by atoms with Crippen molar-refractivity contribution in [2.45, 2.75) is 45.6 Å². The monoisotopic (exact) mass is 316 g/mol. The van der Waals surface area contributed by atoms with Crippen LogP contribution in [0.15, 0.2) is 21.2 Å². The number of hydrogen-bond acceptors (Lipinski definition) is 3. The van der Waals surface area contributed by atoms with Crippen LogP contribution in [-0.4, -0.2) is 24.5 Å². The van der Waals surface area contributed by atoms with E-state index in [-0.39, 0.29) is 6.04 Å². The Labute approximate surface area is 119 Å². The predicted molar refractivity (Wildman–Crippen MR) is 79.6 cm³/mol.